The molecular formula is C9H16N2S2. The SMILES string of the molecule is CSCCCCNc1nc(C)cs1. The summed E-state index contributed by atoms with van der Waals surface area (Å²) in [6, 6.07) is 0. The fraction of sp³-hybridized carbons (Fsp3) is 0.667. The van der Waals surface area contributed by atoms with E-state index in [0.717, 1.165) is 17.4 Å². The Morgan fingerprint density at radius 2 is 2.38 bits per heavy atom. The third-order valence-corrected chi connectivity index (χ3v) is 3.29. The van der Waals surface area contributed by atoms with E-state index in [0.29, 0.717) is 0 Å². The molecule has 0 radical (unpaired) electrons. The van der Waals surface area contributed by atoms with Gasteiger partial charge in [0.05, 0.1) is 5.69 Å². The van der Waals surface area contributed by atoms with E-state index in [1.54, 1.807) is 11.3 Å². The number of hydrogen-bond acceptors (Lipinski definition) is 4. The highest BCUT2D eigenvalue weighted by molar-refractivity contribution is 7.98. The van der Waals surface area contributed by atoms with E-state index in [4.69, 9.17) is 0 Å². The number of aryl methyl sites for hydroxylation is 1. The van der Waals surface area contributed by atoms with Gasteiger partial charge in [0, 0.05) is 11.9 Å². The first-order chi connectivity index (χ1) is 6.33. The first-order valence-electron chi connectivity index (χ1n) is 4.48. The van der Waals surface area contributed by atoms with Gasteiger partial charge in [0.25, 0.3) is 0 Å². The van der Waals surface area contributed by atoms with Crippen molar-refractivity contribution in [2.24, 2.45) is 0 Å². The third kappa shape index (κ3) is 4.52. The fourth-order valence-electron chi connectivity index (χ4n) is 1.00. The molecule has 1 aromatic rings. The second-order valence-corrected chi connectivity index (χ2v) is 4.76. The number of aromatic nitrogens is 1. The number of thiazole rings is 1. The Bertz CT molecular complexity index is 235. The van der Waals surface area contributed by atoms with Crippen LogP contribution in [0.25, 0.3) is 0 Å². The Kier molecular flexibility index (Phi) is 5.23. The third-order valence-electron chi connectivity index (χ3n) is 1.67. The second kappa shape index (κ2) is 6.27. The van der Waals surface area contributed by atoms with Crippen molar-refractivity contribution in [1.82, 2.24) is 4.98 Å². The summed E-state index contributed by atoms with van der Waals surface area (Å²) in [7, 11) is 0. The molecule has 0 saturated carbocycles. The van der Waals surface area contributed by atoms with E-state index in [1.165, 1.54) is 18.6 Å². The molecule has 2 nitrogen and oxygen atoms in total. The van der Waals surface area contributed by atoms with E-state index in [-0.39, 0.29) is 0 Å². The summed E-state index contributed by atoms with van der Waals surface area (Å²) in [5.41, 5.74) is 1.11. The monoisotopic (exact) mass is 216 g/mol. The van der Waals surface area contributed by atoms with Gasteiger partial charge in [-0.05, 0) is 31.8 Å². The van der Waals surface area contributed by atoms with Gasteiger partial charge in [-0.15, -0.1) is 11.3 Å². The summed E-state index contributed by atoms with van der Waals surface area (Å²) in [4.78, 5) is 4.33. The molecule has 0 aromatic carbocycles. The van der Waals surface area contributed by atoms with Crippen LogP contribution in [0.1, 0.15) is 18.5 Å². The summed E-state index contributed by atoms with van der Waals surface area (Å²) in [6.45, 7) is 3.07. The van der Waals surface area contributed by atoms with Crippen molar-refractivity contribution in [3.8, 4) is 0 Å². The van der Waals surface area contributed by atoms with Crippen LogP contribution in [-0.2, 0) is 0 Å². The lowest BCUT2D eigenvalue weighted by atomic mass is 10.3. The zero-order valence-corrected chi connectivity index (χ0v) is 9.80. The van der Waals surface area contributed by atoms with Crippen molar-refractivity contribution in [2.45, 2.75) is 19.8 Å². The summed E-state index contributed by atoms with van der Waals surface area (Å²) in [5, 5.41) is 6.45. The summed E-state index contributed by atoms with van der Waals surface area (Å²) >= 11 is 3.60. The highest BCUT2D eigenvalue weighted by Gasteiger charge is 1.95. The largest absolute Gasteiger partial charge is 0.362 e. The summed E-state index contributed by atoms with van der Waals surface area (Å²) in [5.74, 6) is 1.26. The number of anilines is 1. The molecule has 0 fully saturated rings. The maximum absolute atomic E-state index is 4.33. The predicted molar refractivity (Wildman–Crippen MR) is 63.0 cm³/mol. The normalized spacial score (nSPS) is 10.3. The molecule has 1 aromatic heterocycles. The molecule has 0 amide bonds. The van der Waals surface area contributed by atoms with Gasteiger partial charge in [0.15, 0.2) is 5.13 Å². The number of unbranched alkanes of at least 4 members (excludes halogenated alkanes) is 1. The molecule has 0 aliphatic carbocycles. The standard InChI is InChI=1S/C9H16N2S2/c1-8-7-13-9(11-8)10-5-3-4-6-12-2/h7H,3-6H2,1-2H3,(H,10,11). The molecule has 0 spiro atoms. The van der Waals surface area contributed by atoms with Crippen molar-refractivity contribution in [2.75, 3.05) is 23.9 Å². The van der Waals surface area contributed by atoms with E-state index >= 15 is 0 Å². The minimum Gasteiger partial charge on any atom is -0.362 e. The van der Waals surface area contributed by atoms with Crippen LogP contribution in [0.5, 0.6) is 0 Å². The van der Waals surface area contributed by atoms with Crippen LogP contribution < -0.4 is 5.32 Å². The van der Waals surface area contributed by atoms with E-state index < -0.39 is 0 Å². The van der Waals surface area contributed by atoms with E-state index in [1.807, 2.05) is 18.7 Å². The van der Waals surface area contributed by atoms with Crippen molar-refractivity contribution in [1.29, 1.82) is 0 Å². The Labute approximate surface area is 88.2 Å². The lowest BCUT2D eigenvalue weighted by Crippen LogP contribution is -2.01. The molecule has 0 aliphatic heterocycles. The smallest absolute Gasteiger partial charge is 0.182 e. The first kappa shape index (κ1) is 10.9. The number of thioether (sulfide) groups is 1. The lowest BCUT2D eigenvalue weighted by Gasteiger charge is -2.00. The zero-order valence-electron chi connectivity index (χ0n) is 8.17. The highest BCUT2D eigenvalue weighted by atomic mass is 32.2. The average Bonchev–Trinajstić information content (AvgIpc) is 2.51. The number of rotatable bonds is 6. The van der Waals surface area contributed by atoms with Gasteiger partial charge in [-0.2, -0.15) is 11.8 Å². The Hall–Kier alpha value is -0.220. The minimum absolute atomic E-state index is 1.05. The topological polar surface area (TPSA) is 24.9 Å². The van der Waals surface area contributed by atoms with Gasteiger partial charge in [-0.25, -0.2) is 4.98 Å². The van der Waals surface area contributed by atoms with Crippen LogP contribution in [0, 0.1) is 6.92 Å². The quantitative estimate of drug-likeness (QED) is 0.740. The molecule has 74 valence electrons. The molecule has 1 N–H and O–H groups in total. The van der Waals surface area contributed by atoms with Crippen molar-refractivity contribution < 1.29 is 0 Å². The fourth-order valence-corrected chi connectivity index (χ4v) is 2.21. The Morgan fingerprint density at radius 3 is 3.00 bits per heavy atom. The van der Waals surface area contributed by atoms with Crippen molar-refractivity contribution in [3.05, 3.63) is 11.1 Å². The van der Waals surface area contributed by atoms with Gasteiger partial charge in [0.1, 0.15) is 0 Å². The van der Waals surface area contributed by atoms with Crippen LogP contribution in [0.3, 0.4) is 0 Å². The maximum atomic E-state index is 4.33. The number of nitrogens with zero attached hydrogens (tertiary/aromatic N) is 1. The molecule has 0 unspecified atom stereocenters. The maximum Gasteiger partial charge on any atom is 0.182 e. The number of hydrogen-bond donors (Lipinski definition) is 1. The van der Waals surface area contributed by atoms with Gasteiger partial charge in [-0.3, -0.25) is 0 Å². The minimum atomic E-state index is 1.05. The second-order valence-electron chi connectivity index (χ2n) is 2.92. The van der Waals surface area contributed by atoms with Gasteiger partial charge >= 0.3 is 0 Å². The van der Waals surface area contributed by atoms with Crippen LogP contribution in [0.2, 0.25) is 0 Å². The zero-order chi connectivity index (χ0) is 9.52. The molecule has 0 aliphatic rings. The van der Waals surface area contributed by atoms with E-state index in [9.17, 15) is 0 Å². The Balaban J connectivity index is 2.06. The molecule has 1 rings (SSSR count). The molecular weight excluding hydrogens is 200 g/mol. The highest BCUT2D eigenvalue weighted by Crippen LogP contribution is 2.14. The average molecular weight is 216 g/mol. The van der Waals surface area contributed by atoms with Crippen LogP contribution in [0.4, 0.5) is 5.13 Å². The molecule has 0 bridgehead atoms. The van der Waals surface area contributed by atoms with Crippen LogP contribution in [0.15, 0.2) is 5.38 Å². The first-order valence-corrected chi connectivity index (χ1v) is 6.75. The summed E-state index contributed by atoms with van der Waals surface area (Å²) < 4.78 is 0. The van der Waals surface area contributed by atoms with Gasteiger partial charge < -0.3 is 5.32 Å². The molecule has 4 heteroatoms. The van der Waals surface area contributed by atoms with Crippen LogP contribution in [-0.4, -0.2) is 23.5 Å². The van der Waals surface area contributed by atoms with E-state index in [2.05, 4.69) is 21.9 Å². The predicted octanol–water partition coefficient (Wildman–Crippen LogP) is 3.01. The molecule has 13 heavy (non-hydrogen) atoms. The lowest BCUT2D eigenvalue weighted by molar-refractivity contribution is 0.842. The molecule has 0 atom stereocenters. The van der Waals surface area contributed by atoms with Gasteiger partial charge in [-0.1, -0.05) is 0 Å². The Morgan fingerprint density at radius 1 is 1.54 bits per heavy atom. The van der Waals surface area contributed by atoms with Crippen molar-refractivity contribution in [3.63, 3.8) is 0 Å². The van der Waals surface area contributed by atoms with Crippen molar-refractivity contribution >= 4 is 28.2 Å². The van der Waals surface area contributed by atoms with Crippen LogP contribution >= 0.6 is 23.1 Å². The van der Waals surface area contributed by atoms with Gasteiger partial charge in [0.2, 0.25) is 0 Å². The molecule has 0 saturated heterocycles. The summed E-state index contributed by atoms with van der Waals surface area (Å²) in [6.07, 6.45) is 4.68. The number of nitrogens with one attached hydrogen (secondary N) is 1. The molecule has 1 heterocycles.